The summed E-state index contributed by atoms with van der Waals surface area (Å²) < 4.78 is 89.1. The lowest BCUT2D eigenvalue weighted by molar-refractivity contribution is -0.196. The van der Waals surface area contributed by atoms with E-state index in [1.54, 1.807) is 5.32 Å². The predicted molar refractivity (Wildman–Crippen MR) is 140 cm³/mol. The van der Waals surface area contributed by atoms with Crippen molar-refractivity contribution in [1.29, 1.82) is 0 Å². The number of nitrogens with zero attached hydrogens (tertiary/aromatic N) is 1. The number of ether oxygens (including phenoxy) is 1. The number of piperidine rings is 2. The van der Waals surface area contributed by atoms with Crippen molar-refractivity contribution < 1.29 is 55.1 Å². The first-order valence-corrected chi connectivity index (χ1v) is 14.8. The van der Waals surface area contributed by atoms with Gasteiger partial charge in [-0.3, -0.25) is 19.2 Å². The van der Waals surface area contributed by atoms with Gasteiger partial charge < -0.3 is 25.6 Å². The van der Waals surface area contributed by atoms with Crippen molar-refractivity contribution in [2.45, 2.75) is 101 Å². The first-order valence-electron chi connectivity index (χ1n) is 14.8. The minimum absolute atomic E-state index is 0.0577. The first-order chi connectivity index (χ1) is 20.6. The molecule has 3 N–H and O–H groups in total. The van der Waals surface area contributed by atoms with Gasteiger partial charge in [-0.25, -0.2) is 13.6 Å². The van der Waals surface area contributed by atoms with Crippen LogP contribution in [0.3, 0.4) is 0 Å². The minimum atomic E-state index is -5.31. The van der Waals surface area contributed by atoms with Crippen LogP contribution in [-0.2, 0) is 28.7 Å². The molecular weight excluding hydrogens is 602 g/mol. The van der Waals surface area contributed by atoms with Gasteiger partial charge in [0.15, 0.2) is 0 Å². The second-order valence-corrected chi connectivity index (χ2v) is 11.9. The summed E-state index contributed by atoms with van der Waals surface area (Å²) in [4.78, 5) is 64.4. The van der Waals surface area contributed by atoms with Crippen LogP contribution in [-0.4, -0.2) is 83.9 Å². The van der Waals surface area contributed by atoms with Gasteiger partial charge in [-0.2, -0.15) is 17.6 Å². The van der Waals surface area contributed by atoms with Crippen molar-refractivity contribution in [3.63, 3.8) is 0 Å². The Bertz CT molecular complexity index is 1180. The molecule has 0 unspecified atom stereocenters. The molecule has 44 heavy (non-hydrogen) atoms. The van der Waals surface area contributed by atoms with Gasteiger partial charge in [0.25, 0.3) is 5.92 Å². The third-order valence-electron chi connectivity index (χ3n) is 8.96. The van der Waals surface area contributed by atoms with Crippen LogP contribution in [0.15, 0.2) is 11.9 Å². The number of carbonyl (C=O) groups is 5. The third-order valence-corrected chi connectivity index (χ3v) is 8.96. The van der Waals surface area contributed by atoms with E-state index in [1.165, 1.54) is 6.92 Å². The number of nitrogens with one attached hydrogen (secondary N) is 3. The van der Waals surface area contributed by atoms with Crippen LogP contribution in [0, 0.1) is 17.8 Å². The lowest BCUT2D eigenvalue weighted by Crippen LogP contribution is -2.71. The van der Waals surface area contributed by atoms with E-state index in [9.17, 15) is 41.5 Å². The van der Waals surface area contributed by atoms with E-state index in [2.05, 4.69) is 15.4 Å². The summed E-state index contributed by atoms with van der Waals surface area (Å²) in [5, 5.41) is 6.69. The van der Waals surface area contributed by atoms with Crippen molar-refractivity contribution in [3.05, 3.63) is 11.9 Å². The highest BCUT2D eigenvalue weighted by atomic mass is 19.4. The second kappa shape index (κ2) is 13.3. The lowest BCUT2D eigenvalue weighted by Gasteiger charge is -2.54. The SMILES string of the molecule is CCOC(=O)/C(F)=C/[C@@H](C[C@H]1CCNC1=O)NC(=O)[C@H]1[C@@H]2CC[C@@H](CC2(F)F)N1C(=O)[C@H](CC1CCC1)NC(=O)C(F)(F)F. The highest BCUT2D eigenvalue weighted by molar-refractivity contribution is 5.94. The standard InChI is InChI=1S/C28H36F6N4O6/c1-2-44-25(42)19(29)12-16(11-15-8-9-35-22(15)39)36-23(40)21-18-7-6-17(13-27(18,30)31)38(21)24(41)20(10-14-4-3-5-14)37-26(43)28(32,33)34/h12,14-18,20-21H,2-11,13H2,1H3,(H,35,39)(H,36,40)(H,37,43)/b19-12-/t15-,16-,17+,18+,20+,21-/m1/s1. The Morgan fingerprint density at radius 2 is 1.80 bits per heavy atom. The summed E-state index contributed by atoms with van der Waals surface area (Å²) in [6, 6.07) is -6.15. The molecule has 246 valence electrons. The zero-order valence-corrected chi connectivity index (χ0v) is 24.1. The van der Waals surface area contributed by atoms with E-state index in [0.717, 1.165) is 11.3 Å². The first kappa shape index (κ1) is 33.6. The highest BCUT2D eigenvalue weighted by Gasteiger charge is 2.61. The van der Waals surface area contributed by atoms with Gasteiger partial charge in [-0.05, 0) is 51.0 Å². The topological polar surface area (TPSA) is 134 Å². The Kier molecular flexibility index (Phi) is 10.2. The predicted octanol–water partition coefficient (Wildman–Crippen LogP) is 2.67. The molecule has 2 saturated carbocycles. The molecule has 5 aliphatic rings. The Hall–Kier alpha value is -3.33. The van der Waals surface area contributed by atoms with Gasteiger partial charge in [-0.1, -0.05) is 19.3 Å². The van der Waals surface area contributed by atoms with Crippen LogP contribution >= 0.6 is 0 Å². The molecule has 0 radical (unpaired) electrons. The molecule has 16 heteroatoms. The summed E-state index contributed by atoms with van der Waals surface area (Å²) in [5.74, 6) is -13.7. The number of fused-ring (bicyclic) bond motifs is 3. The average molecular weight is 639 g/mol. The molecule has 6 atom stereocenters. The van der Waals surface area contributed by atoms with E-state index in [-0.39, 0.29) is 38.2 Å². The maximum absolute atomic E-state index is 15.2. The Labute approximate surface area is 249 Å². The van der Waals surface area contributed by atoms with E-state index in [4.69, 9.17) is 0 Å². The number of hydrogen-bond acceptors (Lipinski definition) is 6. The van der Waals surface area contributed by atoms with Crippen molar-refractivity contribution in [3.8, 4) is 0 Å². The van der Waals surface area contributed by atoms with E-state index < -0.39 is 89.9 Å². The molecule has 4 amide bonds. The van der Waals surface area contributed by atoms with Crippen molar-refractivity contribution in [2.24, 2.45) is 17.8 Å². The van der Waals surface area contributed by atoms with E-state index >= 15 is 8.78 Å². The monoisotopic (exact) mass is 638 g/mol. The Morgan fingerprint density at radius 1 is 1.09 bits per heavy atom. The molecule has 3 heterocycles. The van der Waals surface area contributed by atoms with Crippen LogP contribution in [0.5, 0.6) is 0 Å². The molecule has 3 aliphatic heterocycles. The fourth-order valence-corrected chi connectivity index (χ4v) is 6.59. The molecule has 5 rings (SSSR count). The maximum Gasteiger partial charge on any atom is 0.471 e. The van der Waals surface area contributed by atoms with Crippen LogP contribution in [0.1, 0.15) is 64.7 Å². The molecule has 2 bridgehead atoms. The summed E-state index contributed by atoms with van der Waals surface area (Å²) >= 11 is 0. The molecule has 0 spiro atoms. The van der Waals surface area contributed by atoms with Crippen LogP contribution < -0.4 is 16.0 Å². The van der Waals surface area contributed by atoms with E-state index in [0.29, 0.717) is 31.9 Å². The van der Waals surface area contributed by atoms with Crippen LogP contribution in [0.25, 0.3) is 0 Å². The lowest BCUT2D eigenvalue weighted by atomic mass is 9.71. The fraction of sp³-hybridized carbons (Fsp3) is 0.750. The normalized spacial score (nSPS) is 28.0. The van der Waals surface area contributed by atoms with Crippen molar-refractivity contribution in [1.82, 2.24) is 20.9 Å². The number of amides is 4. The van der Waals surface area contributed by atoms with Crippen molar-refractivity contribution in [2.75, 3.05) is 13.2 Å². The smallest absolute Gasteiger partial charge is 0.461 e. The number of halogens is 6. The molecule has 5 fully saturated rings. The van der Waals surface area contributed by atoms with E-state index in [1.807, 2.05) is 0 Å². The highest BCUT2D eigenvalue weighted by Crippen LogP contribution is 2.49. The number of carbonyl (C=O) groups excluding carboxylic acids is 5. The number of esters is 1. The summed E-state index contributed by atoms with van der Waals surface area (Å²) in [6.07, 6.45) is -3.60. The van der Waals surface area contributed by atoms with Gasteiger partial charge >= 0.3 is 18.1 Å². The van der Waals surface area contributed by atoms with Gasteiger partial charge in [0.05, 0.1) is 18.6 Å². The molecule has 3 saturated heterocycles. The van der Waals surface area contributed by atoms with Gasteiger partial charge in [-0.15, -0.1) is 0 Å². The molecule has 0 aromatic heterocycles. The van der Waals surface area contributed by atoms with Gasteiger partial charge in [0.1, 0.15) is 12.1 Å². The zero-order valence-electron chi connectivity index (χ0n) is 24.1. The zero-order chi connectivity index (χ0) is 32.4. The maximum atomic E-state index is 15.2. The number of rotatable bonds is 11. The quantitative estimate of drug-likeness (QED) is 0.181. The third kappa shape index (κ3) is 7.48. The summed E-state index contributed by atoms with van der Waals surface area (Å²) in [6.45, 7) is 1.58. The average Bonchev–Trinajstić information content (AvgIpc) is 3.31. The van der Waals surface area contributed by atoms with Gasteiger partial charge in [0, 0.05) is 24.9 Å². The largest absolute Gasteiger partial charge is 0.471 e. The number of alkyl halides is 5. The minimum Gasteiger partial charge on any atom is -0.461 e. The fourth-order valence-electron chi connectivity index (χ4n) is 6.59. The molecule has 0 aromatic carbocycles. The summed E-state index contributed by atoms with van der Waals surface area (Å²) in [5.41, 5.74) is 0. The second-order valence-electron chi connectivity index (χ2n) is 11.9. The number of hydrogen-bond donors (Lipinski definition) is 3. The van der Waals surface area contributed by atoms with Crippen LogP contribution in [0.2, 0.25) is 0 Å². The molecule has 0 aromatic rings. The molecular formula is C28H36F6N4O6. The van der Waals surface area contributed by atoms with Gasteiger partial charge in [0.2, 0.25) is 23.5 Å². The van der Waals surface area contributed by atoms with Crippen molar-refractivity contribution >= 4 is 29.6 Å². The molecule has 2 aliphatic carbocycles. The summed E-state index contributed by atoms with van der Waals surface area (Å²) in [7, 11) is 0. The Balaban J connectivity index is 1.64. The van der Waals surface area contributed by atoms with Crippen LogP contribution in [0.4, 0.5) is 26.3 Å². The molecule has 10 nitrogen and oxygen atoms in total. The Morgan fingerprint density at radius 3 is 2.34 bits per heavy atom.